The molecule has 0 bridgehead atoms. The van der Waals surface area contributed by atoms with Crippen molar-refractivity contribution in [3.63, 3.8) is 0 Å². The van der Waals surface area contributed by atoms with Crippen molar-refractivity contribution in [1.82, 2.24) is 25.1 Å². The van der Waals surface area contributed by atoms with Crippen LogP contribution in [0.5, 0.6) is 5.75 Å². The maximum absolute atomic E-state index is 13.2. The zero-order valence-electron chi connectivity index (χ0n) is 23.5. The minimum Gasteiger partial charge on any atom is -0.404 e. The van der Waals surface area contributed by atoms with Crippen LogP contribution in [0.4, 0.5) is 30.5 Å². The zero-order valence-corrected chi connectivity index (χ0v) is 23.5. The van der Waals surface area contributed by atoms with Gasteiger partial charge in [-0.1, -0.05) is 33.1 Å². The highest BCUT2D eigenvalue weighted by Gasteiger charge is 2.33. The van der Waals surface area contributed by atoms with Gasteiger partial charge < -0.3 is 20.7 Å². The predicted molar refractivity (Wildman–Crippen MR) is 148 cm³/mol. The number of aryl methyl sites for hydroxylation is 2. The van der Waals surface area contributed by atoms with Gasteiger partial charge in [0.15, 0.2) is 11.4 Å². The molecule has 1 aliphatic carbocycles. The van der Waals surface area contributed by atoms with Crippen LogP contribution in [0, 0.1) is 5.92 Å². The molecule has 0 fully saturated rings. The molecule has 0 unspecified atom stereocenters. The topological polar surface area (TPSA) is 123 Å². The number of alkyl halides is 3. The van der Waals surface area contributed by atoms with Gasteiger partial charge in [0.1, 0.15) is 0 Å². The molecule has 0 saturated heterocycles. The average molecular weight is 574 g/mol. The summed E-state index contributed by atoms with van der Waals surface area (Å²) in [4.78, 5) is 34.2. The first-order valence-electron chi connectivity index (χ1n) is 13.7. The summed E-state index contributed by atoms with van der Waals surface area (Å²) in [5.74, 6) is -1.19. The predicted octanol–water partition coefficient (Wildman–Crippen LogP) is 5.52. The number of anilines is 3. The molecule has 13 heteroatoms. The fourth-order valence-electron chi connectivity index (χ4n) is 5.01. The molecule has 3 N–H and O–H groups in total. The molecular weight excluding hydrogens is 539 g/mol. The molecule has 4 rings (SSSR count). The van der Waals surface area contributed by atoms with Gasteiger partial charge in [-0.05, 0) is 49.4 Å². The van der Waals surface area contributed by atoms with Crippen molar-refractivity contribution in [2.45, 2.75) is 65.2 Å². The van der Waals surface area contributed by atoms with Crippen molar-refractivity contribution in [1.29, 1.82) is 0 Å². The standard InChI is InChI=1S/C28H34F3N7O3/c1-5-7-9-16(8-6-2)25(39)34-18-11-13-21(41-28(29,30)31)20(14-18)35-27-33-15-17-10-12-19-23(26(40)32-3)37-38(4)24(19)22(17)36-27/h11,13-16H,5-10,12H2,1-4H3,(H,32,40)(H,34,39)(H,33,35,36)/t16-/m0/s1. The van der Waals surface area contributed by atoms with Crippen LogP contribution in [-0.2, 0) is 24.7 Å². The minimum absolute atomic E-state index is 0.0154. The fourth-order valence-corrected chi connectivity index (χ4v) is 5.01. The maximum atomic E-state index is 13.2. The summed E-state index contributed by atoms with van der Waals surface area (Å²) in [5.41, 5.74) is 3.25. The first-order chi connectivity index (χ1) is 19.5. The third-order valence-electron chi connectivity index (χ3n) is 6.95. The summed E-state index contributed by atoms with van der Waals surface area (Å²) in [6.45, 7) is 4.06. The molecule has 1 aliphatic rings. The Balaban J connectivity index is 1.67. The lowest BCUT2D eigenvalue weighted by Gasteiger charge is -2.19. The van der Waals surface area contributed by atoms with Crippen LogP contribution < -0.4 is 20.7 Å². The van der Waals surface area contributed by atoms with E-state index >= 15 is 0 Å². The van der Waals surface area contributed by atoms with E-state index in [0.717, 1.165) is 42.9 Å². The van der Waals surface area contributed by atoms with E-state index < -0.39 is 12.1 Å². The molecule has 0 aliphatic heterocycles. The Morgan fingerprint density at radius 3 is 2.61 bits per heavy atom. The molecule has 2 aromatic heterocycles. The second-order valence-corrected chi connectivity index (χ2v) is 9.95. The van der Waals surface area contributed by atoms with Crippen molar-refractivity contribution in [3.8, 4) is 17.1 Å². The van der Waals surface area contributed by atoms with Gasteiger partial charge in [0.25, 0.3) is 5.91 Å². The molecule has 1 aromatic carbocycles. The number of carbonyl (C=O) groups excluding carboxylic acids is 2. The van der Waals surface area contributed by atoms with Crippen molar-refractivity contribution in [2.75, 3.05) is 17.7 Å². The van der Waals surface area contributed by atoms with Crippen LogP contribution in [0.1, 0.15) is 67.6 Å². The highest BCUT2D eigenvalue weighted by molar-refractivity contribution is 5.96. The molecule has 0 spiro atoms. The average Bonchev–Trinajstić information content (AvgIpc) is 3.28. The Hall–Kier alpha value is -4.16. The van der Waals surface area contributed by atoms with E-state index in [0.29, 0.717) is 42.0 Å². The molecule has 0 saturated carbocycles. The minimum atomic E-state index is -4.94. The number of unbranched alkanes of at least 4 members (excludes halogenated alkanes) is 1. The molecule has 1 atom stereocenters. The normalized spacial score (nSPS) is 13.1. The van der Waals surface area contributed by atoms with Gasteiger partial charge in [-0.15, -0.1) is 13.2 Å². The van der Waals surface area contributed by atoms with Crippen LogP contribution in [0.25, 0.3) is 11.4 Å². The number of ether oxygens (including phenoxy) is 1. The molecular formula is C28H34F3N7O3. The fraction of sp³-hybridized carbons (Fsp3) is 0.464. The lowest BCUT2D eigenvalue weighted by molar-refractivity contribution is -0.274. The third-order valence-corrected chi connectivity index (χ3v) is 6.95. The monoisotopic (exact) mass is 573 g/mol. The van der Waals surface area contributed by atoms with Gasteiger partial charge in [-0.25, -0.2) is 9.97 Å². The third kappa shape index (κ3) is 6.95. The second-order valence-electron chi connectivity index (χ2n) is 9.95. The Bertz CT molecular complexity index is 1420. The van der Waals surface area contributed by atoms with Gasteiger partial charge in [0.2, 0.25) is 11.9 Å². The van der Waals surface area contributed by atoms with Crippen LogP contribution >= 0.6 is 0 Å². The molecule has 0 radical (unpaired) electrons. The van der Waals surface area contributed by atoms with Crippen LogP contribution in [0.15, 0.2) is 24.4 Å². The van der Waals surface area contributed by atoms with E-state index in [-0.39, 0.29) is 29.4 Å². The number of hydrogen-bond acceptors (Lipinski definition) is 7. The largest absolute Gasteiger partial charge is 0.573 e. The number of aromatic nitrogens is 4. The number of carbonyl (C=O) groups is 2. The summed E-state index contributed by atoms with van der Waals surface area (Å²) in [7, 11) is 3.22. The van der Waals surface area contributed by atoms with Gasteiger partial charge in [0.05, 0.1) is 17.1 Å². The summed E-state index contributed by atoms with van der Waals surface area (Å²) >= 11 is 0. The van der Waals surface area contributed by atoms with Gasteiger partial charge >= 0.3 is 6.36 Å². The number of rotatable bonds is 11. The first kappa shape index (κ1) is 29.8. The summed E-state index contributed by atoms with van der Waals surface area (Å²) < 4.78 is 45.5. The highest BCUT2D eigenvalue weighted by Crippen LogP contribution is 2.37. The summed E-state index contributed by atoms with van der Waals surface area (Å²) in [6, 6.07) is 3.87. The highest BCUT2D eigenvalue weighted by atomic mass is 19.4. The van der Waals surface area contributed by atoms with Crippen LogP contribution in [0.2, 0.25) is 0 Å². The van der Waals surface area contributed by atoms with Crippen molar-refractivity contribution >= 4 is 29.1 Å². The quantitative estimate of drug-likeness (QED) is 0.276. The molecule has 2 amide bonds. The molecule has 220 valence electrons. The zero-order chi connectivity index (χ0) is 29.7. The number of amides is 2. The molecule has 2 heterocycles. The number of benzene rings is 1. The van der Waals surface area contributed by atoms with Gasteiger partial charge in [0, 0.05) is 37.5 Å². The van der Waals surface area contributed by atoms with Crippen molar-refractivity contribution in [3.05, 3.63) is 41.2 Å². The van der Waals surface area contributed by atoms with Gasteiger partial charge in [-0.3, -0.25) is 14.3 Å². The SMILES string of the molecule is CCCC[C@H](CCC)C(=O)Nc1ccc(OC(F)(F)F)c(Nc2ncc3c(n2)-c2c(c(C(=O)NC)nn2C)CC3)c1. The molecule has 3 aromatic rings. The first-order valence-corrected chi connectivity index (χ1v) is 13.7. The van der Waals surface area contributed by atoms with E-state index in [1.54, 1.807) is 17.9 Å². The number of halogens is 3. The van der Waals surface area contributed by atoms with E-state index in [1.165, 1.54) is 19.2 Å². The number of fused-ring (bicyclic) bond motifs is 3. The maximum Gasteiger partial charge on any atom is 0.573 e. The Kier molecular flexibility index (Phi) is 9.14. The number of nitrogens with one attached hydrogen (secondary N) is 3. The van der Waals surface area contributed by atoms with E-state index in [9.17, 15) is 22.8 Å². The number of nitrogens with zero attached hydrogens (tertiary/aromatic N) is 4. The van der Waals surface area contributed by atoms with E-state index in [4.69, 9.17) is 0 Å². The van der Waals surface area contributed by atoms with Crippen LogP contribution in [0.3, 0.4) is 0 Å². The molecule has 10 nitrogen and oxygen atoms in total. The van der Waals surface area contributed by atoms with Gasteiger partial charge in [-0.2, -0.15) is 5.10 Å². The van der Waals surface area contributed by atoms with Crippen molar-refractivity contribution < 1.29 is 27.5 Å². The Labute approximate surface area is 236 Å². The van der Waals surface area contributed by atoms with Crippen molar-refractivity contribution in [2.24, 2.45) is 13.0 Å². The Morgan fingerprint density at radius 2 is 1.93 bits per heavy atom. The summed E-state index contributed by atoms with van der Waals surface area (Å²) in [6.07, 6.45) is 1.94. The number of hydrogen-bond donors (Lipinski definition) is 3. The van der Waals surface area contributed by atoms with E-state index in [1.807, 2.05) is 6.92 Å². The molecule has 41 heavy (non-hydrogen) atoms. The van der Waals surface area contributed by atoms with Crippen LogP contribution in [-0.4, -0.2) is 45.0 Å². The van der Waals surface area contributed by atoms with E-state index in [2.05, 4.69) is 42.7 Å². The lowest BCUT2D eigenvalue weighted by atomic mass is 9.93. The second kappa shape index (κ2) is 12.6. The lowest BCUT2D eigenvalue weighted by Crippen LogP contribution is -2.23. The Morgan fingerprint density at radius 1 is 1.15 bits per heavy atom. The smallest absolute Gasteiger partial charge is 0.404 e. The summed E-state index contributed by atoms with van der Waals surface area (Å²) in [5, 5.41) is 12.6.